The van der Waals surface area contributed by atoms with Gasteiger partial charge in [0.05, 0.1) is 13.7 Å². The van der Waals surface area contributed by atoms with E-state index < -0.39 is 5.97 Å². The zero-order valence-corrected chi connectivity index (χ0v) is 14.6. The molecule has 1 unspecified atom stereocenters. The van der Waals surface area contributed by atoms with Crippen molar-refractivity contribution in [1.29, 1.82) is 0 Å². The van der Waals surface area contributed by atoms with Gasteiger partial charge in [-0.05, 0) is 61.9 Å². The van der Waals surface area contributed by atoms with Crippen molar-refractivity contribution in [3.63, 3.8) is 0 Å². The molecule has 1 N–H and O–H groups in total. The number of hydrogen-bond donors (Lipinski definition) is 1. The van der Waals surface area contributed by atoms with E-state index in [1.807, 2.05) is 6.07 Å². The van der Waals surface area contributed by atoms with E-state index in [4.69, 9.17) is 9.47 Å². The van der Waals surface area contributed by atoms with Gasteiger partial charge < -0.3 is 14.8 Å². The van der Waals surface area contributed by atoms with Crippen LogP contribution in [0.3, 0.4) is 0 Å². The fourth-order valence-electron chi connectivity index (χ4n) is 3.14. The minimum Gasteiger partial charge on any atom is -0.497 e. The fourth-order valence-corrected chi connectivity index (χ4v) is 3.14. The molecule has 1 aliphatic carbocycles. The van der Waals surface area contributed by atoms with Gasteiger partial charge in [-0.3, -0.25) is 0 Å². The third-order valence-corrected chi connectivity index (χ3v) is 4.34. The summed E-state index contributed by atoms with van der Waals surface area (Å²) < 4.78 is 10.3. The molecule has 0 spiro atoms. The molecule has 3 rings (SSSR count). The number of ether oxygens (including phenoxy) is 2. The average molecular weight is 341 g/mol. The Balaban J connectivity index is 1.74. The van der Waals surface area contributed by atoms with E-state index in [2.05, 4.69) is 27.4 Å². The summed E-state index contributed by atoms with van der Waals surface area (Å²) in [6.07, 6.45) is 5.68. The van der Waals surface area contributed by atoms with Crippen LogP contribution in [-0.2, 0) is 17.6 Å². The molecule has 0 amide bonds. The number of rotatable bonds is 5. The van der Waals surface area contributed by atoms with Crippen LogP contribution in [0.4, 0.5) is 5.82 Å². The second-order valence-electron chi connectivity index (χ2n) is 6.06. The molecule has 0 fully saturated rings. The number of benzene rings is 1. The minimum absolute atomic E-state index is 0.0857. The highest BCUT2D eigenvalue weighted by molar-refractivity contribution is 5.85. The van der Waals surface area contributed by atoms with Gasteiger partial charge in [0.15, 0.2) is 0 Å². The van der Waals surface area contributed by atoms with Crippen LogP contribution in [0.2, 0.25) is 0 Å². The number of aryl methyl sites for hydroxylation is 1. The first-order chi connectivity index (χ1) is 12.2. The lowest BCUT2D eigenvalue weighted by molar-refractivity contribution is 0.0512. The Hall–Kier alpha value is -2.63. The Labute approximate surface area is 147 Å². The molecule has 0 aliphatic heterocycles. The standard InChI is InChI=1S/C19H23N3O3/c1-3-25-19(23)18-20-10-9-17(22-18)21-15-6-4-5-13-7-8-16(24-2)12-14(13)11-15/h7-10,12,15H,3-6,11H2,1-2H3,(H,20,21,22). The van der Waals surface area contributed by atoms with Crippen LogP contribution in [0, 0.1) is 0 Å². The number of nitrogens with one attached hydrogen (secondary N) is 1. The Bertz CT molecular complexity index is 748. The van der Waals surface area contributed by atoms with E-state index in [9.17, 15) is 4.79 Å². The highest BCUT2D eigenvalue weighted by Gasteiger charge is 2.18. The zero-order valence-electron chi connectivity index (χ0n) is 14.6. The summed E-state index contributed by atoms with van der Waals surface area (Å²) >= 11 is 0. The monoisotopic (exact) mass is 341 g/mol. The molecule has 2 aromatic rings. The first-order valence-corrected chi connectivity index (χ1v) is 8.62. The van der Waals surface area contributed by atoms with E-state index in [0.717, 1.165) is 31.4 Å². The Morgan fingerprint density at radius 2 is 2.20 bits per heavy atom. The van der Waals surface area contributed by atoms with Gasteiger partial charge in [0.1, 0.15) is 11.6 Å². The first kappa shape index (κ1) is 17.2. The number of carbonyl (C=O) groups excluding carboxylic acids is 1. The summed E-state index contributed by atoms with van der Waals surface area (Å²) in [6.45, 7) is 2.07. The maximum atomic E-state index is 11.8. The van der Waals surface area contributed by atoms with E-state index in [1.165, 1.54) is 11.1 Å². The summed E-state index contributed by atoms with van der Waals surface area (Å²) in [5.74, 6) is 1.12. The first-order valence-electron chi connectivity index (χ1n) is 8.62. The van der Waals surface area contributed by atoms with Crippen molar-refractivity contribution in [3.05, 3.63) is 47.4 Å². The molecule has 25 heavy (non-hydrogen) atoms. The highest BCUT2D eigenvalue weighted by Crippen LogP contribution is 2.26. The van der Waals surface area contributed by atoms with Crippen molar-refractivity contribution >= 4 is 11.8 Å². The molecule has 1 aromatic carbocycles. The Morgan fingerprint density at radius 3 is 3.00 bits per heavy atom. The molecule has 0 bridgehead atoms. The van der Waals surface area contributed by atoms with E-state index in [0.29, 0.717) is 12.4 Å². The SMILES string of the molecule is CCOC(=O)c1nccc(NC2CCCc3ccc(OC)cc3C2)n1. The van der Waals surface area contributed by atoms with Gasteiger partial charge in [0.2, 0.25) is 5.82 Å². The molecule has 1 atom stereocenters. The van der Waals surface area contributed by atoms with E-state index >= 15 is 0 Å². The van der Waals surface area contributed by atoms with Crippen LogP contribution < -0.4 is 10.1 Å². The van der Waals surface area contributed by atoms with Crippen LogP contribution in [0.5, 0.6) is 5.75 Å². The fraction of sp³-hybridized carbons (Fsp3) is 0.421. The number of esters is 1. The van der Waals surface area contributed by atoms with E-state index in [-0.39, 0.29) is 11.9 Å². The number of methoxy groups -OCH3 is 1. The highest BCUT2D eigenvalue weighted by atomic mass is 16.5. The number of anilines is 1. The smallest absolute Gasteiger partial charge is 0.376 e. The van der Waals surface area contributed by atoms with Gasteiger partial charge in [0.25, 0.3) is 0 Å². The lowest BCUT2D eigenvalue weighted by Gasteiger charge is -2.18. The average Bonchev–Trinajstić information content (AvgIpc) is 2.83. The van der Waals surface area contributed by atoms with Crippen molar-refractivity contribution in [2.24, 2.45) is 0 Å². The summed E-state index contributed by atoms with van der Waals surface area (Å²) in [5, 5.41) is 3.44. The molecule has 1 heterocycles. The number of carbonyl (C=O) groups is 1. The van der Waals surface area contributed by atoms with Crippen LogP contribution in [-0.4, -0.2) is 35.7 Å². The van der Waals surface area contributed by atoms with Crippen molar-refractivity contribution < 1.29 is 14.3 Å². The lowest BCUT2D eigenvalue weighted by atomic mass is 10.0. The molecule has 0 saturated heterocycles. The van der Waals surface area contributed by atoms with Crippen LogP contribution in [0.15, 0.2) is 30.5 Å². The number of aromatic nitrogens is 2. The molecule has 132 valence electrons. The third-order valence-electron chi connectivity index (χ3n) is 4.34. The minimum atomic E-state index is -0.498. The predicted molar refractivity (Wildman–Crippen MR) is 95.0 cm³/mol. The number of hydrogen-bond acceptors (Lipinski definition) is 6. The molecular weight excluding hydrogens is 318 g/mol. The second-order valence-corrected chi connectivity index (χ2v) is 6.06. The van der Waals surface area contributed by atoms with Crippen LogP contribution in [0.25, 0.3) is 0 Å². The maximum absolute atomic E-state index is 11.8. The summed E-state index contributed by atoms with van der Waals surface area (Å²) in [5.41, 5.74) is 2.68. The molecular formula is C19H23N3O3. The van der Waals surface area contributed by atoms with Crippen molar-refractivity contribution in [1.82, 2.24) is 9.97 Å². The van der Waals surface area contributed by atoms with Gasteiger partial charge in [-0.15, -0.1) is 0 Å². The number of nitrogens with zero attached hydrogens (tertiary/aromatic N) is 2. The summed E-state index contributed by atoms with van der Waals surface area (Å²) in [7, 11) is 1.69. The second kappa shape index (κ2) is 7.96. The Morgan fingerprint density at radius 1 is 1.32 bits per heavy atom. The van der Waals surface area contributed by atoms with Gasteiger partial charge >= 0.3 is 5.97 Å². The molecule has 1 aliphatic rings. The zero-order chi connectivity index (χ0) is 17.6. The molecule has 6 heteroatoms. The molecule has 0 radical (unpaired) electrons. The largest absolute Gasteiger partial charge is 0.497 e. The topological polar surface area (TPSA) is 73.3 Å². The molecule has 6 nitrogen and oxygen atoms in total. The van der Waals surface area contributed by atoms with Gasteiger partial charge in [0, 0.05) is 12.2 Å². The lowest BCUT2D eigenvalue weighted by Crippen LogP contribution is -2.23. The maximum Gasteiger partial charge on any atom is 0.376 e. The van der Waals surface area contributed by atoms with Crippen molar-refractivity contribution in [2.75, 3.05) is 19.0 Å². The van der Waals surface area contributed by atoms with E-state index in [1.54, 1.807) is 26.3 Å². The van der Waals surface area contributed by atoms with Crippen LogP contribution in [0.1, 0.15) is 41.5 Å². The van der Waals surface area contributed by atoms with Gasteiger partial charge in [-0.2, -0.15) is 0 Å². The Kier molecular flexibility index (Phi) is 5.48. The van der Waals surface area contributed by atoms with Crippen LogP contribution >= 0.6 is 0 Å². The number of fused-ring (bicyclic) bond motifs is 1. The molecule has 1 aromatic heterocycles. The summed E-state index contributed by atoms with van der Waals surface area (Å²) in [6, 6.07) is 8.31. The summed E-state index contributed by atoms with van der Waals surface area (Å²) in [4.78, 5) is 20.1. The van der Waals surface area contributed by atoms with Crippen molar-refractivity contribution in [3.8, 4) is 5.75 Å². The quantitative estimate of drug-likeness (QED) is 0.666. The van der Waals surface area contributed by atoms with Crippen molar-refractivity contribution in [2.45, 2.75) is 38.6 Å². The van der Waals surface area contributed by atoms with Gasteiger partial charge in [-0.25, -0.2) is 14.8 Å². The normalized spacial score (nSPS) is 16.5. The predicted octanol–water partition coefficient (Wildman–Crippen LogP) is 3.02. The third kappa shape index (κ3) is 4.26. The molecule has 0 saturated carbocycles. The van der Waals surface area contributed by atoms with Gasteiger partial charge in [-0.1, -0.05) is 6.07 Å².